The van der Waals surface area contributed by atoms with Crippen LogP contribution in [0.15, 0.2) is 36.4 Å². The summed E-state index contributed by atoms with van der Waals surface area (Å²) in [6.07, 6.45) is 2.26. The van der Waals surface area contributed by atoms with Gasteiger partial charge >= 0.3 is 11.9 Å². The van der Waals surface area contributed by atoms with E-state index in [-0.39, 0.29) is 10.7 Å². The van der Waals surface area contributed by atoms with Gasteiger partial charge in [0.25, 0.3) is 0 Å². The molecule has 1 unspecified atom stereocenters. The predicted molar refractivity (Wildman–Crippen MR) is 106 cm³/mol. The highest BCUT2D eigenvalue weighted by atomic mass is 32.2. The fraction of sp³-hybridized carbons (Fsp3) is 0.250. The maximum atomic E-state index is 12.8. The standard InChI is InChI=1S/C20H18O5S2/c1-2-3-7-14(18(22)23)11-5-4-6-12(8-11)17(21)15-9-13-10-16(19(24)25)27-20(13)26-15/h4-6,8-10,14H,2-3,7H2,1H3,(H,22,23)(H,24,25). The molecule has 2 N–H and O–H groups in total. The number of aromatic carboxylic acids is 1. The number of hydrogen-bond acceptors (Lipinski definition) is 5. The molecular weight excluding hydrogens is 384 g/mol. The summed E-state index contributed by atoms with van der Waals surface area (Å²) >= 11 is 2.41. The van der Waals surface area contributed by atoms with Crippen molar-refractivity contribution < 1.29 is 24.6 Å². The molecule has 0 aliphatic carbocycles. The molecule has 2 aromatic heterocycles. The average Bonchev–Trinajstić information content (AvgIpc) is 3.20. The van der Waals surface area contributed by atoms with Gasteiger partial charge in [0.2, 0.25) is 5.78 Å². The van der Waals surface area contributed by atoms with Crippen LogP contribution >= 0.6 is 22.7 Å². The van der Waals surface area contributed by atoms with Crippen molar-refractivity contribution in [2.24, 2.45) is 0 Å². The fourth-order valence-electron chi connectivity index (χ4n) is 2.94. The van der Waals surface area contributed by atoms with Gasteiger partial charge in [-0.05, 0) is 30.2 Å². The monoisotopic (exact) mass is 402 g/mol. The summed E-state index contributed by atoms with van der Waals surface area (Å²) in [5.41, 5.74) is 1.08. The lowest BCUT2D eigenvalue weighted by molar-refractivity contribution is -0.139. The van der Waals surface area contributed by atoms with E-state index in [0.29, 0.717) is 22.4 Å². The van der Waals surface area contributed by atoms with Crippen LogP contribution in [-0.2, 0) is 4.79 Å². The smallest absolute Gasteiger partial charge is 0.345 e. The highest BCUT2D eigenvalue weighted by Gasteiger charge is 2.22. The van der Waals surface area contributed by atoms with Crippen molar-refractivity contribution in [2.75, 3.05) is 0 Å². The molecule has 0 bridgehead atoms. The highest BCUT2D eigenvalue weighted by Crippen LogP contribution is 2.35. The Morgan fingerprint density at radius 3 is 2.37 bits per heavy atom. The molecule has 1 atom stereocenters. The van der Waals surface area contributed by atoms with Gasteiger partial charge in [-0.2, -0.15) is 0 Å². The molecule has 1 aromatic carbocycles. The Balaban J connectivity index is 1.89. The van der Waals surface area contributed by atoms with Crippen LogP contribution < -0.4 is 0 Å². The Labute approximate surface area is 163 Å². The zero-order valence-corrected chi connectivity index (χ0v) is 16.2. The Hall–Kier alpha value is -2.51. The van der Waals surface area contributed by atoms with Crippen LogP contribution in [0.4, 0.5) is 0 Å². The lowest BCUT2D eigenvalue weighted by Gasteiger charge is -2.13. The van der Waals surface area contributed by atoms with Crippen molar-refractivity contribution in [3.8, 4) is 0 Å². The maximum absolute atomic E-state index is 12.8. The van der Waals surface area contributed by atoms with Crippen LogP contribution in [-0.4, -0.2) is 27.9 Å². The zero-order chi connectivity index (χ0) is 19.6. The summed E-state index contributed by atoms with van der Waals surface area (Å²) in [5, 5.41) is 19.3. The normalized spacial score (nSPS) is 12.2. The summed E-state index contributed by atoms with van der Waals surface area (Å²) in [6, 6.07) is 10.1. The van der Waals surface area contributed by atoms with Gasteiger partial charge < -0.3 is 10.2 Å². The molecule has 0 radical (unpaired) electrons. The largest absolute Gasteiger partial charge is 0.481 e. The molecule has 5 nitrogen and oxygen atoms in total. The van der Waals surface area contributed by atoms with Gasteiger partial charge in [-0.15, -0.1) is 22.7 Å². The molecule has 0 saturated carbocycles. The summed E-state index contributed by atoms with van der Waals surface area (Å²) in [4.78, 5) is 36.2. The summed E-state index contributed by atoms with van der Waals surface area (Å²) in [6.45, 7) is 2.01. The van der Waals surface area contributed by atoms with Crippen LogP contribution in [0.5, 0.6) is 0 Å². The van der Waals surface area contributed by atoms with E-state index in [9.17, 15) is 19.5 Å². The van der Waals surface area contributed by atoms with Crippen molar-refractivity contribution in [1.29, 1.82) is 0 Å². The van der Waals surface area contributed by atoms with Crippen LogP contribution in [0.3, 0.4) is 0 Å². The summed E-state index contributed by atoms with van der Waals surface area (Å²) in [5.74, 6) is -2.66. The van der Waals surface area contributed by atoms with Crippen molar-refractivity contribution in [3.05, 3.63) is 57.3 Å². The number of aliphatic carboxylic acids is 1. The lowest BCUT2D eigenvalue weighted by Crippen LogP contribution is -2.12. The molecule has 3 aromatic rings. The van der Waals surface area contributed by atoms with E-state index in [1.807, 2.05) is 6.92 Å². The minimum Gasteiger partial charge on any atom is -0.481 e. The van der Waals surface area contributed by atoms with E-state index in [0.717, 1.165) is 33.6 Å². The van der Waals surface area contributed by atoms with Crippen molar-refractivity contribution >= 4 is 49.8 Å². The Morgan fingerprint density at radius 2 is 1.74 bits per heavy atom. The molecule has 27 heavy (non-hydrogen) atoms. The van der Waals surface area contributed by atoms with Crippen LogP contribution in [0, 0.1) is 0 Å². The Kier molecular flexibility index (Phi) is 5.72. The third-order valence-corrected chi connectivity index (χ3v) is 6.72. The molecule has 0 amide bonds. The van der Waals surface area contributed by atoms with Crippen molar-refractivity contribution in [2.45, 2.75) is 32.1 Å². The molecule has 0 saturated heterocycles. The lowest BCUT2D eigenvalue weighted by atomic mass is 9.92. The summed E-state index contributed by atoms with van der Waals surface area (Å²) in [7, 11) is 0. The van der Waals surface area contributed by atoms with Gasteiger partial charge in [0.05, 0.1) is 14.8 Å². The SMILES string of the molecule is CCCCC(C(=O)O)c1cccc(C(=O)c2cc3cc(C(=O)O)sc3s2)c1. The van der Waals surface area contributed by atoms with Gasteiger partial charge in [-0.1, -0.05) is 38.0 Å². The van der Waals surface area contributed by atoms with Gasteiger partial charge in [-0.25, -0.2) is 4.79 Å². The first-order valence-electron chi connectivity index (χ1n) is 8.54. The molecule has 2 heterocycles. The van der Waals surface area contributed by atoms with Crippen LogP contribution in [0.2, 0.25) is 0 Å². The Morgan fingerprint density at radius 1 is 1.04 bits per heavy atom. The number of thiophene rings is 2. The number of hydrogen-bond donors (Lipinski definition) is 2. The number of carboxylic acids is 2. The molecule has 0 spiro atoms. The van der Waals surface area contributed by atoms with Crippen LogP contribution in [0.1, 0.15) is 62.6 Å². The molecule has 0 aliphatic heterocycles. The average molecular weight is 402 g/mol. The Bertz CT molecular complexity index is 983. The van der Waals surface area contributed by atoms with E-state index in [2.05, 4.69) is 0 Å². The van der Waals surface area contributed by atoms with Gasteiger partial charge in [0, 0.05) is 10.9 Å². The van der Waals surface area contributed by atoms with Crippen molar-refractivity contribution in [3.63, 3.8) is 0 Å². The van der Waals surface area contributed by atoms with E-state index >= 15 is 0 Å². The number of carbonyl (C=O) groups is 3. The molecule has 0 aliphatic rings. The van der Waals surface area contributed by atoms with Gasteiger partial charge in [-0.3, -0.25) is 9.59 Å². The first-order chi connectivity index (χ1) is 12.9. The number of benzene rings is 1. The minimum atomic E-state index is -0.976. The number of carbonyl (C=O) groups excluding carboxylic acids is 1. The minimum absolute atomic E-state index is 0.179. The van der Waals surface area contributed by atoms with E-state index in [1.54, 1.807) is 36.4 Å². The zero-order valence-electron chi connectivity index (χ0n) is 14.6. The maximum Gasteiger partial charge on any atom is 0.345 e. The van der Waals surface area contributed by atoms with Gasteiger partial charge in [0.1, 0.15) is 4.88 Å². The van der Waals surface area contributed by atoms with E-state index < -0.39 is 17.9 Å². The molecular formula is C20H18O5S2. The topological polar surface area (TPSA) is 91.7 Å². The number of carboxylic acid groups (broad SMARTS) is 2. The number of ketones is 1. The second-order valence-electron chi connectivity index (χ2n) is 6.26. The first kappa shape index (κ1) is 19.3. The predicted octanol–water partition coefficient (Wildman–Crippen LogP) is 5.25. The third-order valence-electron chi connectivity index (χ3n) is 4.34. The molecule has 0 fully saturated rings. The second kappa shape index (κ2) is 8.02. The number of unbranched alkanes of at least 4 members (excludes halogenated alkanes) is 1. The first-order valence-corrected chi connectivity index (χ1v) is 10.2. The van der Waals surface area contributed by atoms with Gasteiger partial charge in [0.15, 0.2) is 0 Å². The van der Waals surface area contributed by atoms with E-state index in [1.165, 1.54) is 11.3 Å². The molecule has 140 valence electrons. The number of fused-ring (bicyclic) bond motifs is 1. The number of rotatable bonds is 8. The second-order valence-corrected chi connectivity index (χ2v) is 8.62. The van der Waals surface area contributed by atoms with Crippen LogP contribution in [0.25, 0.3) is 9.40 Å². The third kappa shape index (κ3) is 4.09. The van der Waals surface area contributed by atoms with Crippen molar-refractivity contribution in [1.82, 2.24) is 0 Å². The highest BCUT2D eigenvalue weighted by molar-refractivity contribution is 7.39. The summed E-state index contributed by atoms with van der Waals surface area (Å²) < 4.78 is 0.790. The quantitative estimate of drug-likeness (QED) is 0.502. The van der Waals surface area contributed by atoms with E-state index in [4.69, 9.17) is 5.11 Å². The molecule has 3 rings (SSSR count). The molecule has 7 heteroatoms. The fourth-order valence-corrected chi connectivity index (χ4v) is 5.18.